The minimum absolute atomic E-state index is 0. The highest BCUT2D eigenvalue weighted by molar-refractivity contribution is 6.30. The number of carbonyl (C=O) groups excluding carboxylic acids is 1. The Morgan fingerprint density at radius 1 is 1.32 bits per heavy atom. The van der Waals surface area contributed by atoms with Crippen LogP contribution in [0.2, 0.25) is 5.02 Å². The number of nitrogens with zero attached hydrogens (tertiary/aromatic N) is 1. The minimum Gasteiger partial charge on any atom is -0.492 e. The Hall–Kier alpha value is -0.970. The Morgan fingerprint density at radius 3 is 2.64 bits per heavy atom. The molecule has 2 aliphatic rings. The van der Waals surface area contributed by atoms with Crippen molar-refractivity contribution < 1.29 is 9.53 Å². The maximum absolute atomic E-state index is 12.7. The molecule has 1 aromatic carbocycles. The summed E-state index contributed by atoms with van der Waals surface area (Å²) >= 11 is 5.94. The molecule has 2 bridgehead atoms. The molecule has 0 heterocycles. The Balaban J connectivity index is 0.00000225. The number of ether oxygens (including phenoxy) is 1. The number of hydrogen-bond donors (Lipinski definition) is 1. The number of rotatable bonds is 5. The number of benzene rings is 1. The molecular weight excluding hydrogens is 359 g/mol. The predicted molar refractivity (Wildman–Crippen MR) is 103 cm³/mol. The lowest BCUT2D eigenvalue weighted by Gasteiger charge is -2.44. The quantitative estimate of drug-likeness (QED) is 0.837. The van der Waals surface area contributed by atoms with E-state index >= 15 is 0 Å². The Kier molecular flexibility index (Phi) is 7.41. The number of fused-ring (bicyclic) bond motifs is 2. The summed E-state index contributed by atoms with van der Waals surface area (Å²) in [5.41, 5.74) is 6.32. The summed E-state index contributed by atoms with van der Waals surface area (Å²) < 4.78 is 5.69. The van der Waals surface area contributed by atoms with Gasteiger partial charge in [0.05, 0.1) is 6.54 Å². The van der Waals surface area contributed by atoms with Gasteiger partial charge >= 0.3 is 0 Å². The number of nitrogens with two attached hydrogens (primary N) is 1. The summed E-state index contributed by atoms with van der Waals surface area (Å²) in [7, 11) is 1.87. The van der Waals surface area contributed by atoms with Crippen molar-refractivity contribution in [1.82, 2.24) is 4.90 Å². The van der Waals surface area contributed by atoms with Gasteiger partial charge in [0.2, 0.25) is 5.91 Å². The topological polar surface area (TPSA) is 55.6 Å². The fourth-order valence-electron chi connectivity index (χ4n) is 4.27. The SMILES string of the molecule is CN(CCOc1cccc(Cl)c1)C(=O)C1CC2CCCC(C1)C2N.Cl. The number of amides is 1. The first-order valence-corrected chi connectivity index (χ1v) is 9.31. The first kappa shape index (κ1) is 20.3. The van der Waals surface area contributed by atoms with Gasteiger partial charge in [0, 0.05) is 24.0 Å². The summed E-state index contributed by atoms with van der Waals surface area (Å²) in [6.45, 7) is 1.06. The lowest BCUT2D eigenvalue weighted by Crippen LogP contribution is -2.49. The Bertz CT molecular complexity index is 570. The zero-order valence-corrected chi connectivity index (χ0v) is 16.3. The van der Waals surface area contributed by atoms with Crippen molar-refractivity contribution in [3.05, 3.63) is 29.3 Å². The van der Waals surface area contributed by atoms with Gasteiger partial charge in [-0.1, -0.05) is 24.1 Å². The lowest BCUT2D eigenvalue weighted by atomic mass is 9.65. The van der Waals surface area contributed by atoms with Crippen molar-refractivity contribution in [2.75, 3.05) is 20.2 Å². The standard InChI is InChI=1S/C19H27ClN2O2.ClH/c1-22(8-9-24-17-7-3-6-16(20)12-17)19(23)15-10-13-4-2-5-14(11-15)18(13)21;/h3,6-7,12-15,18H,2,4-5,8-11,21H2,1H3;1H. The predicted octanol–water partition coefficient (Wildman–Crippen LogP) is 3.75. The van der Waals surface area contributed by atoms with Crippen LogP contribution in [0.15, 0.2) is 24.3 Å². The molecule has 2 unspecified atom stereocenters. The van der Waals surface area contributed by atoms with E-state index in [2.05, 4.69) is 0 Å². The van der Waals surface area contributed by atoms with E-state index in [0.29, 0.717) is 36.1 Å². The minimum atomic E-state index is 0. The van der Waals surface area contributed by atoms with Crippen LogP contribution in [-0.4, -0.2) is 37.0 Å². The molecule has 4 nitrogen and oxygen atoms in total. The zero-order valence-electron chi connectivity index (χ0n) is 14.7. The van der Waals surface area contributed by atoms with Gasteiger partial charge in [0.1, 0.15) is 12.4 Å². The molecule has 0 spiro atoms. The van der Waals surface area contributed by atoms with Crippen molar-refractivity contribution in [3.8, 4) is 5.75 Å². The van der Waals surface area contributed by atoms with Crippen molar-refractivity contribution in [2.24, 2.45) is 23.5 Å². The van der Waals surface area contributed by atoms with Crippen LogP contribution >= 0.6 is 24.0 Å². The van der Waals surface area contributed by atoms with Crippen LogP contribution in [0.5, 0.6) is 5.75 Å². The van der Waals surface area contributed by atoms with E-state index < -0.39 is 0 Å². The van der Waals surface area contributed by atoms with Crippen molar-refractivity contribution in [3.63, 3.8) is 0 Å². The molecular formula is C19H28Cl2N2O2. The van der Waals surface area contributed by atoms with Crippen LogP contribution in [0.3, 0.4) is 0 Å². The zero-order chi connectivity index (χ0) is 17.1. The first-order valence-electron chi connectivity index (χ1n) is 8.93. The second-order valence-electron chi connectivity index (χ2n) is 7.26. The summed E-state index contributed by atoms with van der Waals surface area (Å²) in [5, 5.41) is 0.655. The third-order valence-electron chi connectivity index (χ3n) is 5.63. The van der Waals surface area contributed by atoms with Gasteiger partial charge in [-0.05, 0) is 55.7 Å². The molecule has 0 aromatic heterocycles. The Morgan fingerprint density at radius 2 is 2.00 bits per heavy atom. The second kappa shape index (κ2) is 9.11. The monoisotopic (exact) mass is 386 g/mol. The third kappa shape index (κ3) is 5.02. The number of halogens is 2. The summed E-state index contributed by atoms with van der Waals surface area (Å²) in [4.78, 5) is 14.5. The van der Waals surface area contributed by atoms with Crippen LogP contribution in [-0.2, 0) is 4.79 Å². The van der Waals surface area contributed by atoms with Crippen molar-refractivity contribution >= 4 is 29.9 Å². The molecule has 2 aliphatic carbocycles. The highest BCUT2D eigenvalue weighted by Gasteiger charge is 2.41. The third-order valence-corrected chi connectivity index (χ3v) is 5.87. The number of likely N-dealkylation sites (N-methyl/N-ethyl adjacent to an activating group) is 1. The normalized spacial score (nSPS) is 28.0. The van der Waals surface area contributed by atoms with E-state index in [4.69, 9.17) is 22.1 Å². The highest BCUT2D eigenvalue weighted by atomic mass is 35.5. The average Bonchev–Trinajstić information content (AvgIpc) is 2.54. The van der Waals surface area contributed by atoms with Crippen LogP contribution in [0, 0.1) is 17.8 Å². The van der Waals surface area contributed by atoms with Gasteiger partial charge in [-0.25, -0.2) is 0 Å². The van der Waals surface area contributed by atoms with Crippen LogP contribution in [0.4, 0.5) is 0 Å². The molecule has 0 saturated heterocycles. The van der Waals surface area contributed by atoms with Gasteiger partial charge in [0.15, 0.2) is 0 Å². The number of carbonyl (C=O) groups is 1. The highest BCUT2D eigenvalue weighted by Crippen LogP contribution is 2.42. The van der Waals surface area contributed by atoms with Crippen LogP contribution in [0.1, 0.15) is 32.1 Å². The van der Waals surface area contributed by atoms with Crippen molar-refractivity contribution in [2.45, 2.75) is 38.1 Å². The van der Waals surface area contributed by atoms with Crippen LogP contribution in [0.25, 0.3) is 0 Å². The maximum atomic E-state index is 12.7. The molecule has 3 rings (SSSR count). The maximum Gasteiger partial charge on any atom is 0.225 e. The van der Waals surface area contributed by atoms with E-state index in [0.717, 1.165) is 18.6 Å². The van der Waals surface area contributed by atoms with E-state index in [9.17, 15) is 4.79 Å². The van der Waals surface area contributed by atoms with Gasteiger partial charge in [-0.15, -0.1) is 12.4 Å². The van der Waals surface area contributed by atoms with Gasteiger partial charge in [-0.3, -0.25) is 4.79 Å². The molecule has 2 N–H and O–H groups in total. The molecule has 2 fully saturated rings. The smallest absolute Gasteiger partial charge is 0.225 e. The van der Waals surface area contributed by atoms with E-state index in [1.165, 1.54) is 19.3 Å². The molecule has 6 heteroatoms. The lowest BCUT2D eigenvalue weighted by molar-refractivity contribution is -0.137. The molecule has 140 valence electrons. The molecule has 2 saturated carbocycles. The number of hydrogen-bond acceptors (Lipinski definition) is 3. The summed E-state index contributed by atoms with van der Waals surface area (Å²) in [6, 6.07) is 7.63. The largest absolute Gasteiger partial charge is 0.492 e. The molecule has 0 radical (unpaired) electrons. The van der Waals surface area contributed by atoms with E-state index in [1.807, 2.05) is 30.1 Å². The molecule has 2 atom stereocenters. The fourth-order valence-corrected chi connectivity index (χ4v) is 4.45. The summed E-state index contributed by atoms with van der Waals surface area (Å²) in [6.07, 6.45) is 5.55. The molecule has 1 amide bonds. The Labute approximate surface area is 161 Å². The average molecular weight is 387 g/mol. The van der Waals surface area contributed by atoms with Gasteiger partial charge < -0.3 is 15.4 Å². The van der Waals surface area contributed by atoms with Gasteiger partial charge in [0.25, 0.3) is 0 Å². The molecule has 0 aliphatic heterocycles. The fraction of sp³-hybridized carbons (Fsp3) is 0.632. The van der Waals surface area contributed by atoms with Crippen molar-refractivity contribution in [1.29, 1.82) is 0 Å². The second-order valence-corrected chi connectivity index (χ2v) is 7.70. The first-order chi connectivity index (χ1) is 11.5. The van der Waals surface area contributed by atoms with E-state index in [-0.39, 0.29) is 24.2 Å². The van der Waals surface area contributed by atoms with Gasteiger partial charge in [-0.2, -0.15) is 0 Å². The molecule has 25 heavy (non-hydrogen) atoms. The van der Waals surface area contributed by atoms with Crippen LogP contribution < -0.4 is 10.5 Å². The summed E-state index contributed by atoms with van der Waals surface area (Å²) in [5.74, 6) is 2.18. The molecule has 1 aromatic rings. The van der Waals surface area contributed by atoms with E-state index in [1.54, 1.807) is 6.07 Å².